The molecule has 3 N–H and O–H groups in total. The van der Waals surface area contributed by atoms with Gasteiger partial charge in [-0.1, -0.05) is 0 Å². The Morgan fingerprint density at radius 1 is 1.73 bits per heavy atom. The van der Waals surface area contributed by atoms with E-state index in [1.807, 2.05) is 7.85 Å². The highest BCUT2D eigenvalue weighted by Gasteiger charge is 2.57. The number of ether oxygens (including phenoxy) is 2. The summed E-state index contributed by atoms with van der Waals surface area (Å²) >= 11 is 0. The lowest BCUT2D eigenvalue weighted by Crippen LogP contribution is -2.48. The summed E-state index contributed by atoms with van der Waals surface area (Å²) in [7, 11) is 1.92. The number of nitrogens with two attached hydrogens (primary N) is 1. The van der Waals surface area contributed by atoms with E-state index in [2.05, 4.69) is 0 Å². The average Bonchev–Trinajstić information content (AvgIpc) is 2.42. The van der Waals surface area contributed by atoms with Gasteiger partial charge in [0.15, 0.2) is 0 Å². The fourth-order valence-electron chi connectivity index (χ4n) is 1.90. The van der Waals surface area contributed by atoms with Crippen molar-refractivity contribution in [3.05, 3.63) is 0 Å². The van der Waals surface area contributed by atoms with Crippen LogP contribution >= 0.6 is 0 Å². The van der Waals surface area contributed by atoms with E-state index in [0.29, 0.717) is 6.61 Å². The summed E-state index contributed by atoms with van der Waals surface area (Å²) in [6, 6.07) is -0.145. The molecule has 0 aromatic rings. The van der Waals surface area contributed by atoms with Crippen molar-refractivity contribution in [3.63, 3.8) is 0 Å². The predicted octanol–water partition coefficient (Wildman–Crippen LogP) is -2.57. The number of hydrogen-bond acceptors (Lipinski definition) is 4. The van der Waals surface area contributed by atoms with E-state index >= 15 is 0 Å². The molecule has 2 saturated heterocycles. The summed E-state index contributed by atoms with van der Waals surface area (Å²) in [4.78, 5) is 0. The Kier molecular flexibility index (Phi) is 1.51. The zero-order valence-corrected chi connectivity index (χ0v) is 6.49. The Hall–Kier alpha value is -0.0951. The first-order chi connectivity index (χ1) is 5.19. The number of fused-ring (bicyclic) bond motifs is 2. The van der Waals surface area contributed by atoms with Gasteiger partial charge in [-0.3, -0.25) is 0 Å². The van der Waals surface area contributed by atoms with Crippen LogP contribution in [-0.4, -0.2) is 49.9 Å². The Balaban J connectivity index is 2.24. The van der Waals surface area contributed by atoms with Gasteiger partial charge in [0, 0.05) is 0 Å². The van der Waals surface area contributed by atoms with Crippen LogP contribution in [0.1, 0.15) is 0 Å². The van der Waals surface area contributed by atoms with Gasteiger partial charge in [0.2, 0.25) is 0 Å². The number of aliphatic hydroxyl groups is 1. The lowest BCUT2D eigenvalue weighted by atomic mass is 9.91. The largest absolute Gasteiger partial charge is 0.393 e. The van der Waals surface area contributed by atoms with E-state index in [4.69, 9.17) is 20.3 Å². The summed E-state index contributed by atoms with van der Waals surface area (Å²) in [6.45, 7) is 0.384. The second-order valence-corrected chi connectivity index (χ2v) is 3.35. The average molecular weight is 157 g/mol. The van der Waals surface area contributed by atoms with E-state index in [1.54, 1.807) is 0 Å². The van der Waals surface area contributed by atoms with E-state index in [0.717, 1.165) is 0 Å². The minimum atomic E-state index is -0.607. The lowest BCUT2D eigenvalue weighted by Gasteiger charge is -2.27. The zero-order valence-electron chi connectivity index (χ0n) is 6.49. The third-order valence-electron chi connectivity index (χ3n) is 2.63. The third-order valence-corrected chi connectivity index (χ3v) is 2.63. The molecule has 2 aliphatic rings. The standard InChI is InChI=1S/C6H12BNO3/c7-5-3-4(8)6(1-9,11-5)2-10-3/h3-5,9H,1-2,7-8H2/t3?,4?,5-,6+/m1/s1. The third kappa shape index (κ3) is 0.795. The maximum absolute atomic E-state index is 9.05. The van der Waals surface area contributed by atoms with Crippen molar-refractivity contribution in [1.29, 1.82) is 0 Å². The summed E-state index contributed by atoms with van der Waals surface area (Å²) < 4.78 is 10.9. The quantitative estimate of drug-likeness (QED) is 0.410. The number of hydrogen-bond donors (Lipinski definition) is 2. The first kappa shape index (κ1) is 7.55. The van der Waals surface area contributed by atoms with Crippen molar-refractivity contribution in [2.24, 2.45) is 5.73 Å². The molecule has 0 amide bonds. The maximum Gasteiger partial charge on any atom is 0.142 e. The Bertz CT molecular complexity index is 179. The smallest absolute Gasteiger partial charge is 0.142 e. The van der Waals surface area contributed by atoms with E-state index < -0.39 is 5.60 Å². The molecule has 0 spiro atoms. The molecule has 2 unspecified atom stereocenters. The minimum absolute atomic E-state index is 0.0194. The fourth-order valence-corrected chi connectivity index (χ4v) is 1.90. The molecule has 2 heterocycles. The van der Waals surface area contributed by atoms with Crippen molar-refractivity contribution in [2.75, 3.05) is 13.2 Å². The molecule has 2 bridgehead atoms. The van der Waals surface area contributed by atoms with Crippen LogP contribution in [0, 0.1) is 0 Å². The van der Waals surface area contributed by atoms with Crippen LogP contribution in [0.3, 0.4) is 0 Å². The second-order valence-electron chi connectivity index (χ2n) is 3.35. The molecule has 4 nitrogen and oxygen atoms in total. The first-order valence-electron chi connectivity index (χ1n) is 3.85. The molecule has 0 aliphatic carbocycles. The van der Waals surface area contributed by atoms with E-state index in [-0.39, 0.29) is 24.8 Å². The van der Waals surface area contributed by atoms with Gasteiger partial charge in [0.05, 0.1) is 31.4 Å². The molecule has 4 atom stereocenters. The molecule has 0 aromatic carbocycles. The van der Waals surface area contributed by atoms with E-state index in [9.17, 15) is 0 Å². The summed E-state index contributed by atoms with van der Waals surface area (Å²) in [6.07, 6.45) is -0.0258. The molecule has 2 aliphatic heterocycles. The molecule has 2 rings (SSSR count). The highest BCUT2D eigenvalue weighted by Crippen LogP contribution is 2.36. The van der Waals surface area contributed by atoms with Crippen LogP contribution < -0.4 is 5.73 Å². The van der Waals surface area contributed by atoms with Crippen LogP contribution in [0.15, 0.2) is 0 Å². The summed E-state index contributed by atoms with van der Waals surface area (Å²) in [5.41, 5.74) is 5.20. The van der Waals surface area contributed by atoms with Crippen LogP contribution in [-0.2, 0) is 9.47 Å². The predicted molar refractivity (Wildman–Crippen MR) is 40.9 cm³/mol. The lowest BCUT2D eigenvalue weighted by molar-refractivity contribution is -0.130. The Morgan fingerprint density at radius 3 is 2.73 bits per heavy atom. The topological polar surface area (TPSA) is 64.7 Å². The highest BCUT2D eigenvalue weighted by molar-refractivity contribution is 6.11. The van der Waals surface area contributed by atoms with Crippen LogP contribution in [0.25, 0.3) is 0 Å². The fraction of sp³-hybridized carbons (Fsp3) is 1.00. The molecule has 0 aromatic heterocycles. The molecule has 0 radical (unpaired) electrons. The van der Waals surface area contributed by atoms with Crippen LogP contribution in [0.4, 0.5) is 0 Å². The van der Waals surface area contributed by atoms with E-state index in [1.165, 1.54) is 0 Å². The van der Waals surface area contributed by atoms with Gasteiger partial charge in [-0.15, -0.1) is 0 Å². The second kappa shape index (κ2) is 2.20. The van der Waals surface area contributed by atoms with Gasteiger partial charge < -0.3 is 20.3 Å². The van der Waals surface area contributed by atoms with Crippen molar-refractivity contribution in [3.8, 4) is 0 Å². The van der Waals surface area contributed by atoms with Gasteiger partial charge in [-0.05, 0) is 0 Å². The van der Waals surface area contributed by atoms with Crippen molar-refractivity contribution >= 4 is 7.85 Å². The zero-order chi connectivity index (χ0) is 8.06. The Morgan fingerprint density at radius 2 is 2.45 bits per heavy atom. The normalized spacial score (nSPS) is 55.3. The van der Waals surface area contributed by atoms with Gasteiger partial charge in [-0.2, -0.15) is 0 Å². The van der Waals surface area contributed by atoms with Gasteiger partial charge in [-0.25, -0.2) is 0 Å². The number of rotatable bonds is 1. The molecule has 11 heavy (non-hydrogen) atoms. The molecule has 5 heteroatoms. The van der Waals surface area contributed by atoms with Gasteiger partial charge in [0.1, 0.15) is 13.4 Å². The maximum atomic E-state index is 9.05. The monoisotopic (exact) mass is 157 g/mol. The molecule has 2 fully saturated rings. The molecule has 0 saturated carbocycles. The molecular formula is C6H12BNO3. The van der Waals surface area contributed by atoms with Crippen LogP contribution in [0.5, 0.6) is 0 Å². The highest BCUT2D eigenvalue weighted by atomic mass is 16.6. The summed E-state index contributed by atoms with van der Waals surface area (Å²) in [5, 5.41) is 9.05. The van der Waals surface area contributed by atoms with Gasteiger partial charge >= 0.3 is 0 Å². The molecule has 62 valence electrons. The van der Waals surface area contributed by atoms with Crippen LogP contribution in [0.2, 0.25) is 0 Å². The minimum Gasteiger partial charge on any atom is -0.393 e. The molecular weight excluding hydrogens is 145 g/mol. The summed E-state index contributed by atoms with van der Waals surface area (Å²) in [5.74, 6) is 0. The van der Waals surface area contributed by atoms with Crippen molar-refractivity contribution in [1.82, 2.24) is 0 Å². The Labute approximate surface area is 66.1 Å². The van der Waals surface area contributed by atoms with Crippen molar-refractivity contribution in [2.45, 2.75) is 23.8 Å². The SMILES string of the molecule is B[C@@H]1O[C@@]2(CO)COC1C2N. The first-order valence-corrected chi connectivity index (χ1v) is 3.85. The van der Waals surface area contributed by atoms with Gasteiger partial charge in [0.25, 0.3) is 0 Å². The van der Waals surface area contributed by atoms with Crippen molar-refractivity contribution < 1.29 is 14.6 Å². The number of aliphatic hydroxyl groups excluding tert-OH is 1.